The number of aromatic nitrogens is 1. The molecule has 1 aromatic heterocycles. The first-order valence-electron chi connectivity index (χ1n) is 7.88. The lowest BCUT2D eigenvalue weighted by Crippen LogP contribution is -2.28. The number of nitrogens with two attached hydrogens (primary N) is 1. The summed E-state index contributed by atoms with van der Waals surface area (Å²) >= 11 is 12.3. The maximum absolute atomic E-state index is 12.2. The molecule has 0 saturated carbocycles. The van der Waals surface area contributed by atoms with Crippen molar-refractivity contribution in [3.8, 4) is 11.5 Å². The summed E-state index contributed by atoms with van der Waals surface area (Å²) in [7, 11) is 0. The van der Waals surface area contributed by atoms with Gasteiger partial charge in [0, 0.05) is 23.7 Å². The first kappa shape index (κ1) is 16.9. The Hall–Kier alpha value is -2.57. The monoisotopic (exact) mass is 389 g/mol. The van der Waals surface area contributed by atoms with Crippen molar-refractivity contribution >= 4 is 51.8 Å². The molecular weight excluding hydrogens is 377 g/mol. The summed E-state index contributed by atoms with van der Waals surface area (Å²) in [5.41, 5.74) is 7.68. The summed E-state index contributed by atoms with van der Waals surface area (Å²) in [6.45, 7) is 0.248. The Morgan fingerprint density at radius 3 is 2.77 bits per heavy atom. The van der Waals surface area contributed by atoms with Gasteiger partial charge in [-0.05, 0) is 36.4 Å². The van der Waals surface area contributed by atoms with Crippen LogP contribution in [0.25, 0.3) is 22.6 Å². The van der Waals surface area contributed by atoms with Gasteiger partial charge in [0.2, 0.25) is 17.7 Å². The van der Waals surface area contributed by atoms with E-state index in [1.54, 1.807) is 36.4 Å². The first-order chi connectivity index (χ1) is 12.4. The molecule has 1 aliphatic heterocycles. The van der Waals surface area contributed by atoms with Crippen LogP contribution in [0.3, 0.4) is 0 Å². The highest BCUT2D eigenvalue weighted by molar-refractivity contribution is 6.33. The summed E-state index contributed by atoms with van der Waals surface area (Å²) in [6, 6.07) is 10.2. The molecule has 8 heteroatoms. The van der Waals surface area contributed by atoms with Gasteiger partial charge in [0.05, 0.1) is 16.5 Å². The van der Waals surface area contributed by atoms with E-state index in [4.69, 9.17) is 33.4 Å². The van der Waals surface area contributed by atoms with Crippen LogP contribution in [0.4, 0.5) is 5.69 Å². The van der Waals surface area contributed by atoms with Gasteiger partial charge in [-0.1, -0.05) is 23.2 Å². The minimum atomic E-state index is -0.493. The van der Waals surface area contributed by atoms with E-state index in [-0.39, 0.29) is 18.9 Å². The van der Waals surface area contributed by atoms with Crippen LogP contribution in [-0.4, -0.2) is 23.3 Å². The smallest absolute Gasteiger partial charge is 0.228 e. The minimum absolute atomic E-state index is 0.106. The van der Waals surface area contributed by atoms with Crippen LogP contribution in [0.2, 0.25) is 10.0 Å². The number of carbonyl (C=O) groups excluding carboxylic acids is 2. The van der Waals surface area contributed by atoms with E-state index in [1.165, 1.54) is 4.90 Å². The SMILES string of the molecule is NC(=O)[C@@H]1CC(=O)N(c2ccc(Cl)c(-c3nc4cc(Cl)ccc4o3)c2)C1. The van der Waals surface area contributed by atoms with Crippen LogP contribution in [0.1, 0.15) is 6.42 Å². The fourth-order valence-electron chi connectivity index (χ4n) is 3.01. The largest absolute Gasteiger partial charge is 0.436 e. The molecule has 0 spiro atoms. The van der Waals surface area contributed by atoms with E-state index >= 15 is 0 Å². The fourth-order valence-corrected chi connectivity index (χ4v) is 3.37. The second-order valence-corrected chi connectivity index (χ2v) is 6.95. The Bertz CT molecular complexity index is 1050. The Morgan fingerprint density at radius 1 is 1.23 bits per heavy atom. The van der Waals surface area contributed by atoms with E-state index < -0.39 is 11.8 Å². The first-order valence-corrected chi connectivity index (χ1v) is 8.63. The van der Waals surface area contributed by atoms with Crippen molar-refractivity contribution < 1.29 is 14.0 Å². The van der Waals surface area contributed by atoms with Gasteiger partial charge in [-0.3, -0.25) is 9.59 Å². The molecule has 2 heterocycles. The molecule has 4 rings (SSSR count). The highest BCUT2D eigenvalue weighted by Gasteiger charge is 2.34. The van der Waals surface area contributed by atoms with Crippen molar-refractivity contribution in [1.82, 2.24) is 4.98 Å². The number of carbonyl (C=O) groups is 2. The Labute approximate surface area is 158 Å². The van der Waals surface area contributed by atoms with Crippen LogP contribution in [0.5, 0.6) is 0 Å². The van der Waals surface area contributed by atoms with E-state index in [0.717, 1.165) is 0 Å². The number of fused-ring (bicyclic) bond motifs is 1. The van der Waals surface area contributed by atoms with Gasteiger partial charge in [-0.15, -0.1) is 0 Å². The fraction of sp³-hybridized carbons (Fsp3) is 0.167. The third-order valence-corrected chi connectivity index (χ3v) is 4.93. The lowest BCUT2D eigenvalue weighted by Gasteiger charge is -2.17. The topological polar surface area (TPSA) is 89.4 Å². The predicted octanol–water partition coefficient (Wildman–Crippen LogP) is 3.64. The van der Waals surface area contributed by atoms with E-state index in [2.05, 4.69) is 4.98 Å². The average Bonchev–Trinajstić information content (AvgIpc) is 3.18. The van der Waals surface area contributed by atoms with Gasteiger partial charge < -0.3 is 15.1 Å². The molecule has 2 amide bonds. The van der Waals surface area contributed by atoms with Crippen molar-refractivity contribution in [2.75, 3.05) is 11.4 Å². The number of nitrogens with zero attached hydrogens (tertiary/aromatic N) is 2. The zero-order chi connectivity index (χ0) is 18.4. The Balaban J connectivity index is 1.74. The molecule has 2 N–H and O–H groups in total. The molecule has 0 radical (unpaired) electrons. The van der Waals surface area contributed by atoms with Crippen LogP contribution in [0, 0.1) is 5.92 Å². The van der Waals surface area contributed by atoms with Gasteiger partial charge in [-0.25, -0.2) is 4.98 Å². The average molecular weight is 390 g/mol. The molecule has 132 valence electrons. The Kier molecular flexibility index (Phi) is 4.09. The van der Waals surface area contributed by atoms with Gasteiger partial charge in [0.1, 0.15) is 5.52 Å². The molecular formula is C18H13Cl2N3O3. The molecule has 0 unspecified atom stereocenters. The standard InChI is InChI=1S/C18H13Cl2N3O3/c19-10-1-4-15-14(6-10)22-18(26-15)12-7-11(2-3-13(12)20)23-8-9(17(21)25)5-16(23)24/h1-4,6-7,9H,5,8H2,(H2,21,25)/t9-/m1/s1. The van der Waals surface area contributed by atoms with Crippen LogP contribution in [0.15, 0.2) is 40.8 Å². The lowest BCUT2D eigenvalue weighted by atomic mass is 10.1. The molecule has 6 nitrogen and oxygen atoms in total. The maximum Gasteiger partial charge on any atom is 0.228 e. The van der Waals surface area contributed by atoms with Crippen molar-refractivity contribution in [3.05, 3.63) is 46.4 Å². The second kappa shape index (κ2) is 6.30. The number of hydrogen-bond acceptors (Lipinski definition) is 4. The van der Waals surface area contributed by atoms with E-state index in [0.29, 0.717) is 38.3 Å². The highest BCUT2D eigenvalue weighted by Crippen LogP contribution is 2.35. The van der Waals surface area contributed by atoms with E-state index in [9.17, 15) is 9.59 Å². The summed E-state index contributed by atoms with van der Waals surface area (Å²) in [4.78, 5) is 29.6. The molecule has 3 aromatic rings. The molecule has 2 aromatic carbocycles. The zero-order valence-electron chi connectivity index (χ0n) is 13.4. The van der Waals surface area contributed by atoms with Crippen molar-refractivity contribution in [1.29, 1.82) is 0 Å². The normalized spacial score (nSPS) is 17.2. The van der Waals surface area contributed by atoms with Gasteiger partial charge in [0.15, 0.2) is 5.58 Å². The summed E-state index contributed by atoms with van der Waals surface area (Å²) in [6.07, 6.45) is 0.106. The number of rotatable bonds is 3. The number of benzene rings is 2. The second-order valence-electron chi connectivity index (χ2n) is 6.10. The highest BCUT2D eigenvalue weighted by atomic mass is 35.5. The third kappa shape index (κ3) is 2.91. The minimum Gasteiger partial charge on any atom is -0.436 e. The predicted molar refractivity (Wildman–Crippen MR) is 99.1 cm³/mol. The summed E-state index contributed by atoms with van der Waals surface area (Å²) < 4.78 is 5.76. The molecule has 1 aliphatic rings. The summed E-state index contributed by atoms with van der Waals surface area (Å²) in [5.74, 6) is -0.808. The number of halogens is 2. The van der Waals surface area contributed by atoms with Crippen LogP contribution < -0.4 is 10.6 Å². The van der Waals surface area contributed by atoms with Gasteiger partial charge in [-0.2, -0.15) is 0 Å². The quantitative estimate of drug-likeness (QED) is 0.740. The van der Waals surface area contributed by atoms with E-state index in [1.807, 2.05) is 0 Å². The lowest BCUT2D eigenvalue weighted by molar-refractivity contribution is -0.123. The number of oxazole rings is 1. The third-order valence-electron chi connectivity index (χ3n) is 4.37. The van der Waals surface area contributed by atoms with Gasteiger partial charge >= 0.3 is 0 Å². The van der Waals surface area contributed by atoms with Crippen molar-refractivity contribution in [2.24, 2.45) is 11.7 Å². The molecule has 1 atom stereocenters. The van der Waals surface area contributed by atoms with Gasteiger partial charge in [0.25, 0.3) is 0 Å². The van der Waals surface area contributed by atoms with Crippen molar-refractivity contribution in [3.63, 3.8) is 0 Å². The van der Waals surface area contributed by atoms with Crippen LogP contribution in [-0.2, 0) is 9.59 Å². The molecule has 0 aliphatic carbocycles. The molecule has 1 fully saturated rings. The number of amides is 2. The molecule has 26 heavy (non-hydrogen) atoms. The Morgan fingerprint density at radius 2 is 2.04 bits per heavy atom. The number of primary amides is 1. The zero-order valence-corrected chi connectivity index (χ0v) is 14.9. The van der Waals surface area contributed by atoms with Crippen LogP contribution >= 0.6 is 23.2 Å². The maximum atomic E-state index is 12.2. The molecule has 0 bridgehead atoms. The number of anilines is 1. The molecule has 1 saturated heterocycles. The number of hydrogen-bond donors (Lipinski definition) is 1. The summed E-state index contributed by atoms with van der Waals surface area (Å²) in [5, 5.41) is 0.988. The van der Waals surface area contributed by atoms with Crippen molar-refractivity contribution in [2.45, 2.75) is 6.42 Å².